The largest absolute Gasteiger partial charge is 0.490 e. The van der Waals surface area contributed by atoms with Gasteiger partial charge in [0.1, 0.15) is 0 Å². The van der Waals surface area contributed by atoms with Crippen molar-refractivity contribution >= 4 is 11.6 Å². The van der Waals surface area contributed by atoms with E-state index in [0.29, 0.717) is 31.3 Å². The molecule has 0 saturated carbocycles. The maximum absolute atomic E-state index is 12.2. The highest BCUT2D eigenvalue weighted by Crippen LogP contribution is 2.30. The lowest BCUT2D eigenvalue weighted by Gasteiger charge is -2.19. The number of hydrogen-bond acceptors (Lipinski definition) is 5. The van der Waals surface area contributed by atoms with Gasteiger partial charge in [0, 0.05) is 24.8 Å². The fraction of sp³-hybridized carbons (Fsp3) is 0.588. The standard InChI is InChI=1S/C17H27N3O3/c1-3-22-15-7-6-14(12-16(15)23-4-2)19-17(21)13-20-10-5-8-18-9-11-20/h6-7,12,18H,3-5,8-11,13H2,1-2H3,(H,19,21). The number of carbonyl (C=O) groups is 1. The van der Waals surface area contributed by atoms with E-state index in [9.17, 15) is 4.79 Å². The molecule has 1 aliphatic heterocycles. The molecule has 0 radical (unpaired) electrons. The molecule has 2 rings (SSSR count). The van der Waals surface area contributed by atoms with E-state index < -0.39 is 0 Å². The van der Waals surface area contributed by atoms with Gasteiger partial charge in [0.25, 0.3) is 0 Å². The van der Waals surface area contributed by atoms with Gasteiger partial charge in [0.15, 0.2) is 11.5 Å². The lowest BCUT2D eigenvalue weighted by atomic mass is 10.2. The second kappa shape index (κ2) is 9.37. The maximum Gasteiger partial charge on any atom is 0.238 e. The molecule has 1 amide bonds. The van der Waals surface area contributed by atoms with E-state index in [1.807, 2.05) is 32.0 Å². The van der Waals surface area contributed by atoms with Gasteiger partial charge in [0.05, 0.1) is 19.8 Å². The molecule has 1 fully saturated rings. The summed E-state index contributed by atoms with van der Waals surface area (Å²) < 4.78 is 11.1. The first-order valence-electron chi connectivity index (χ1n) is 8.35. The average Bonchev–Trinajstić information content (AvgIpc) is 2.79. The van der Waals surface area contributed by atoms with Gasteiger partial charge in [0.2, 0.25) is 5.91 Å². The van der Waals surface area contributed by atoms with E-state index in [1.165, 1.54) is 0 Å². The van der Waals surface area contributed by atoms with Crippen LogP contribution in [0.4, 0.5) is 5.69 Å². The number of hydrogen-bond donors (Lipinski definition) is 2. The number of ether oxygens (including phenoxy) is 2. The third-order valence-corrected chi connectivity index (χ3v) is 3.63. The quantitative estimate of drug-likeness (QED) is 0.801. The minimum atomic E-state index is -0.00138. The van der Waals surface area contributed by atoms with Crippen LogP contribution in [-0.2, 0) is 4.79 Å². The zero-order valence-electron chi connectivity index (χ0n) is 14.1. The first-order valence-corrected chi connectivity index (χ1v) is 8.35. The highest BCUT2D eigenvalue weighted by Gasteiger charge is 2.14. The first-order chi connectivity index (χ1) is 11.2. The van der Waals surface area contributed by atoms with Gasteiger partial charge < -0.3 is 20.1 Å². The highest BCUT2D eigenvalue weighted by molar-refractivity contribution is 5.92. The molecule has 0 unspecified atom stereocenters. The van der Waals surface area contributed by atoms with Crippen molar-refractivity contribution in [1.82, 2.24) is 10.2 Å². The maximum atomic E-state index is 12.2. The van der Waals surface area contributed by atoms with Crippen molar-refractivity contribution in [3.63, 3.8) is 0 Å². The molecule has 6 nitrogen and oxygen atoms in total. The minimum absolute atomic E-state index is 0.00138. The number of nitrogens with one attached hydrogen (secondary N) is 2. The van der Waals surface area contributed by atoms with Gasteiger partial charge in [-0.3, -0.25) is 9.69 Å². The normalized spacial score (nSPS) is 15.7. The smallest absolute Gasteiger partial charge is 0.238 e. The van der Waals surface area contributed by atoms with E-state index in [0.717, 1.165) is 38.3 Å². The van der Waals surface area contributed by atoms with Crippen LogP contribution in [0.3, 0.4) is 0 Å². The van der Waals surface area contributed by atoms with Crippen LogP contribution in [0.2, 0.25) is 0 Å². The molecule has 1 saturated heterocycles. The molecule has 0 spiro atoms. The molecule has 1 aromatic carbocycles. The van der Waals surface area contributed by atoms with Crippen LogP contribution >= 0.6 is 0 Å². The molecule has 23 heavy (non-hydrogen) atoms. The van der Waals surface area contributed by atoms with Crippen molar-refractivity contribution in [3.05, 3.63) is 18.2 Å². The summed E-state index contributed by atoms with van der Waals surface area (Å²) in [5.41, 5.74) is 0.731. The van der Waals surface area contributed by atoms with E-state index >= 15 is 0 Å². The van der Waals surface area contributed by atoms with Crippen molar-refractivity contribution in [1.29, 1.82) is 0 Å². The van der Waals surface area contributed by atoms with Crippen LogP contribution < -0.4 is 20.1 Å². The van der Waals surface area contributed by atoms with Gasteiger partial charge >= 0.3 is 0 Å². The van der Waals surface area contributed by atoms with E-state index in [4.69, 9.17) is 9.47 Å². The topological polar surface area (TPSA) is 62.8 Å². The third kappa shape index (κ3) is 5.73. The van der Waals surface area contributed by atoms with Crippen LogP contribution in [0.15, 0.2) is 18.2 Å². The Morgan fingerprint density at radius 1 is 1.17 bits per heavy atom. The monoisotopic (exact) mass is 321 g/mol. The van der Waals surface area contributed by atoms with Crippen molar-refractivity contribution in [2.75, 3.05) is 51.3 Å². The zero-order chi connectivity index (χ0) is 16.5. The second-order valence-electron chi connectivity index (χ2n) is 5.46. The summed E-state index contributed by atoms with van der Waals surface area (Å²) in [7, 11) is 0. The summed E-state index contributed by atoms with van der Waals surface area (Å²) >= 11 is 0. The molecule has 0 atom stereocenters. The van der Waals surface area contributed by atoms with Gasteiger partial charge in [-0.15, -0.1) is 0 Å². The Bertz CT molecular complexity index is 500. The Morgan fingerprint density at radius 2 is 1.96 bits per heavy atom. The first kappa shape index (κ1) is 17.6. The molecule has 1 heterocycles. The molecule has 128 valence electrons. The molecular weight excluding hydrogens is 294 g/mol. The van der Waals surface area contributed by atoms with Gasteiger partial charge in [-0.1, -0.05) is 0 Å². The summed E-state index contributed by atoms with van der Waals surface area (Å²) in [6.45, 7) is 9.22. The number of rotatable bonds is 7. The molecule has 1 aliphatic rings. The number of carbonyl (C=O) groups excluding carboxylic acids is 1. The van der Waals surface area contributed by atoms with Gasteiger partial charge in [-0.05, 0) is 45.5 Å². The molecule has 6 heteroatoms. The Labute approximate surface area is 138 Å². The fourth-order valence-electron chi connectivity index (χ4n) is 2.59. The van der Waals surface area contributed by atoms with Crippen molar-refractivity contribution < 1.29 is 14.3 Å². The van der Waals surface area contributed by atoms with E-state index in [1.54, 1.807) is 0 Å². The van der Waals surface area contributed by atoms with Crippen molar-refractivity contribution in [2.45, 2.75) is 20.3 Å². The summed E-state index contributed by atoms with van der Waals surface area (Å²) in [6.07, 6.45) is 1.07. The van der Waals surface area contributed by atoms with Gasteiger partial charge in [-0.2, -0.15) is 0 Å². The van der Waals surface area contributed by atoms with Crippen LogP contribution in [0.1, 0.15) is 20.3 Å². The van der Waals surface area contributed by atoms with Crippen LogP contribution in [0.5, 0.6) is 11.5 Å². The Morgan fingerprint density at radius 3 is 2.74 bits per heavy atom. The van der Waals surface area contributed by atoms with Crippen LogP contribution in [-0.4, -0.2) is 56.7 Å². The van der Waals surface area contributed by atoms with Crippen molar-refractivity contribution in [3.8, 4) is 11.5 Å². The molecular formula is C17H27N3O3. The predicted molar refractivity (Wildman–Crippen MR) is 91.3 cm³/mol. The molecule has 0 bridgehead atoms. The van der Waals surface area contributed by atoms with Gasteiger partial charge in [-0.25, -0.2) is 0 Å². The number of amides is 1. The summed E-state index contributed by atoms with van der Waals surface area (Å²) in [5.74, 6) is 1.36. The SMILES string of the molecule is CCOc1ccc(NC(=O)CN2CCCNCC2)cc1OCC. The van der Waals surface area contributed by atoms with Crippen molar-refractivity contribution in [2.24, 2.45) is 0 Å². The Kier molecular flexibility index (Phi) is 7.16. The molecule has 1 aromatic rings. The minimum Gasteiger partial charge on any atom is -0.490 e. The predicted octanol–water partition coefficient (Wildman–Crippen LogP) is 1.72. The number of nitrogens with zero attached hydrogens (tertiary/aromatic N) is 1. The molecule has 0 aliphatic carbocycles. The number of anilines is 1. The van der Waals surface area contributed by atoms with Crippen LogP contribution in [0, 0.1) is 0 Å². The number of benzene rings is 1. The highest BCUT2D eigenvalue weighted by atomic mass is 16.5. The van der Waals surface area contributed by atoms with E-state index in [-0.39, 0.29) is 5.91 Å². The van der Waals surface area contributed by atoms with Crippen LogP contribution in [0.25, 0.3) is 0 Å². The molecule has 2 N–H and O–H groups in total. The average molecular weight is 321 g/mol. The summed E-state index contributed by atoms with van der Waals surface area (Å²) in [6, 6.07) is 5.49. The lowest BCUT2D eigenvalue weighted by Crippen LogP contribution is -2.35. The Hall–Kier alpha value is -1.79. The zero-order valence-corrected chi connectivity index (χ0v) is 14.1. The fourth-order valence-corrected chi connectivity index (χ4v) is 2.59. The third-order valence-electron chi connectivity index (χ3n) is 3.63. The molecule has 0 aromatic heterocycles. The second-order valence-corrected chi connectivity index (χ2v) is 5.46. The lowest BCUT2D eigenvalue weighted by molar-refractivity contribution is -0.117. The summed E-state index contributed by atoms with van der Waals surface area (Å²) in [5, 5.41) is 6.28. The Balaban J connectivity index is 1.95. The summed E-state index contributed by atoms with van der Waals surface area (Å²) in [4.78, 5) is 14.4. The van der Waals surface area contributed by atoms with E-state index in [2.05, 4.69) is 15.5 Å².